The van der Waals surface area contributed by atoms with Gasteiger partial charge in [0.1, 0.15) is 11.6 Å². The second-order valence-corrected chi connectivity index (χ2v) is 5.29. The van der Waals surface area contributed by atoms with Gasteiger partial charge in [-0.2, -0.15) is 0 Å². The predicted molar refractivity (Wildman–Crippen MR) is 74.6 cm³/mol. The van der Waals surface area contributed by atoms with E-state index < -0.39 is 17.0 Å². The molecule has 1 atom stereocenters. The van der Waals surface area contributed by atoms with E-state index in [4.69, 9.17) is 11.6 Å². The maximum absolute atomic E-state index is 13.7. The molecule has 0 heterocycles. The minimum atomic E-state index is -0.683. The molecule has 2 aromatic rings. The maximum Gasteiger partial charge on any atom is 0.128 e. The molecule has 0 N–H and O–H groups in total. The summed E-state index contributed by atoms with van der Waals surface area (Å²) in [4.78, 5) is 0. The van der Waals surface area contributed by atoms with Crippen LogP contribution in [0.25, 0.3) is 0 Å². The van der Waals surface area contributed by atoms with Gasteiger partial charge in [-0.3, -0.25) is 0 Å². The first-order valence-corrected chi connectivity index (χ1v) is 6.61. The van der Waals surface area contributed by atoms with Crippen LogP contribution in [0, 0.1) is 11.6 Å². The van der Waals surface area contributed by atoms with E-state index in [1.807, 2.05) is 24.3 Å². The molecule has 0 saturated carbocycles. The van der Waals surface area contributed by atoms with E-state index in [0.717, 1.165) is 23.8 Å². The average Bonchev–Trinajstić information content (AvgIpc) is 2.41. The molecule has 2 rings (SSSR count). The van der Waals surface area contributed by atoms with E-state index >= 15 is 0 Å². The second kappa shape index (κ2) is 5.70. The average molecular weight is 281 g/mol. The van der Waals surface area contributed by atoms with Crippen LogP contribution in [0.5, 0.6) is 0 Å². The first-order chi connectivity index (χ1) is 8.99. The predicted octanol–water partition coefficient (Wildman–Crippen LogP) is 5.42. The van der Waals surface area contributed by atoms with Crippen molar-refractivity contribution >= 4 is 11.6 Å². The molecule has 0 aromatic heterocycles. The molecule has 0 fully saturated rings. The van der Waals surface area contributed by atoms with Gasteiger partial charge in [0.05, 0.1) is 5.38 Å². The summed E-state index contributed by atoms with van der Waals surface area (Å²) in [6.07, 6.45) is 0. The zero-order valence-electron chi connectivity index (χ0n) is 10.8. The SMILES string of the molecule is CC(C)c1ccc(C(Cl)c2cc(F)ccc2F)cc1. The lowest BCUT2D eigenvalue weighted by Crippen LogP contribution is -1.98. The summed E-state index contributed by atoms with van der Waals surface area (Å²) in [5, 5.41) is -0.683. The summed E-state index contributed by atoms with van der Waals surface area (Å²) in [5.74, 6) is -0.552. The van der Waals surface area contributed by atoms with Crippen molar-refractivity contribution in [1.29, 1.82) is 0 Å². The van der Waals surface area contributed by atoms with Crippen molar-refractivity contribution in [2.75, 3.05) is 0 Å². The van der Waals surface area contributed by atoms with Gasteiger partial charge in [-0.15, -0.1) is 11.6 Å². The van der Waals surface area contributed by atoms with Crippen LogP contribution in [0.15, 0.2) is 42.5 Å². The zero-order chi connectivity index (χ0) is 14.0. The summed E-state index contributed by atoms with van der Waals surface area (Å²) in [6, 6.07) is 11.0. The second-order valence-electron chi connectivity index (χ2n) is 4.85. The lowest BCUT2D eigenvalue weighted by molar-refractivity contribution is 0.587. The first-order valence-electron chi connectivity index (χ1n) is 6.18. The standard InChI is InChI=1S/C16H15ClF2/c1-10(2)11-3-5-12(6-4-11)16(17)14-9-13(18)7-8-15(14)19/h3-10,16H,1-2H3. The summed E-state index contributed by atoms with van der Waals surface area (Å²) in [7, 11) is 0. The number of halogens is 3. The fourth-order valence-corrected chi connectivity index (χ4v) is 2.25. The van der Waals surface area contributed by atoms with Gasteiger partial charge in [-0.05, 0) is 35.2 Å². The number of hydrogen-bond donors (Lipinski definition) is 0. The van der Waals surface area contributed by atoms with Crippen molar-refractivity contribution in [3.63, 3.8) is 0 Å². The molecule has 19 heavy (non-hydrogen) atoms. The molecule has 0 bridgehead atoms. The molecular formula is C16H15ClF2. The molecule has 0 saturated heterocycles. The largest absolute Gasteiger partial charge is 0.207 e. The van der Waals surface area contributed by atoms with E-state index in [2.05, 4.69) is 13.8 Å². The molecule has 2 aromatic carbocycles. The Morgan fingerprint density at radius 1 is 0.895 bits per heavy atom. The molecule has 0 amide bonds. The molecule has 3 heteroatoms. The Balaban J connectivity index is 2.33. The highest BCUT2D eigenvalue weighted by molar-refractivity contribution is 6.22. The fourth-order valence-electron chi connectivity index (χ4n) is 1.94. The minimum Gasteiger partial charge on any atom is -0.207 e. The Morgan fingerprint density at radius 2 is 1.47 bits per heavy atom. The molecule has 0 aliphatic rings. The lowest BCUT2D eigenvalue weighted by Gasteiger charge is -2.13. The van der Waals surface area contributed by atoms with Crippen LogP contribution in [-0.4, -0.2) is 0 Å². The van der Waals surface area contributed by atoms with Gasteiger partial charge in [-0.1, -0.05) is 38.1 Å². The third kappa shape index (κ3) is 3.13. The van der Waals surface area contributed by atoms with Crippen LogP contribution in [0.3, 0.4) is 0 Å². The lowest BCUT2D eigenvalue weighted by atomic mass is 9.98. The third-order valence-corrected chi connectivity index (χ3v) is 3.61. The van der Waals surface area contributed by atoms with Crippen molar-refractivity contribution in [2.24, 2.45) is 0 Å². The van der Waals surface area contributed by atoms with E-state index in [1.165, 1.54) is 5.56 Å². The van der Waals surface area contributed by atoms with Crippen molar-refractivity contribution in [3.05, 3.63) is 70.8 Å². The number of alkyl halides is 1. The van der Waals surface area contributed by atoms with Gasteiger partial charge in [-0.25, -0.2) is 8.78 Å². The Morgan fingerprint density at radius 3 is 2.05 bits per heavy atom. The maximum atomic E-state index is 13.7. The molecule has 0 aliphatic heterocycles. The topological polar surface area (TPSA) is 0 Å². The van der Waals surface area contributed by atoms with Crippen molar-refractivity contribution < 1.29 is 8.78 Å². The van der Waals surface area contributed by atoms with E-state index in [1.54, 1.807) is 0 Å². The zero-order valence-corrected chi connectivity index (χ0v) is 11.6. The fraction of sp³-hybridized carbons (Fsp3) is 0.250. The van der Waals surface area contributed by atoms with Crippen molar-refractivity contribution in [2.45, 2.75) is 25.1 Å². The first kappa shape index (κ1) is 14.0. The number of hydrogen-bond acceptors (Lipinski definition) is 0. The highest BCUT2D eigenvalue weighted by Crippen LogP contribution is 2.31. The van der Waals surface area contributed by atoms with Crippen LogP contribution in [0.1, 0.15) is 41.8 Å². The molecular weight excluding hydrogens is 266 g/mol. The van der Waals surface area contributed by atoms with Crippen LogP contribution in [0.2, 0.25) is 0 Å². The Bertz CT molecular complexity index is 561. The quantitative estimate of drug-likeness (QED) is 0.659. The summed E-state index contributed by atoms with van der Waals surface area (Å²) in [6.45, 7) is 4.19. The highest BCUT2D eigenvalue weighted by Gasteiger charge is 2.16. The van der Waals surface area contributed by atoms with Crippen LogP contribution in [0.4, 0.5) is 8.78 Å². The van der Waals surface area contributed by atoms with Gasteiger partial charge >= 0.3 is 0 Å². The van der Waals surface area contributed by atoms with Crippen LogP contribution >= 0.6 is 11.6 Å². The molecule has 0 spiro atoms. The normalized spacial score (nSPS) is 12.7. The molecule has 0 radical (unpaired) electrons. The number of rotatable bonds is 3. The van der Waals surface area contributed by atoms with Gasteiger partial charge in [0.15, 0.2) is 0 Å². The van der Waals surface area contributed by atoms with Crippen molar-refractivity contribution in [1.82, 2.24) is 0 Å². The molecule has 0 nitrogen and oxygen atoms in total. The smallest absolute Gasteiger partial charge is 0.128 e. The van der Waals surface area contributed by atoms with Crippen LogP contribution in [-0.2, 0) is 0 Å². The van der Waals surface area contributed by atoms with Gasteiger partial charge in [0, 0.05) is 5.56 Å². The Labute approximate surface area is 117 Å². The third-order valence-electron chi connectivity index (χ3n) is 3.13. The van der Waals surface area contributed by atoms with Gasteiger partial charge < -0.3 is 0 Å². The van der Waals surface area contributed by atoms with Gasteiger partial charge in [0.25, 0.3) is 0 Å². The van der Waals surface area contributed by atoms with E-state index in [-0.39, 0.29) is 5.56 Å². The van der Waals surface area contributed by atoms with E-state index in [0.29, 0.717) is 5.92 Å². The van der Waals surface area contributed by atoms with Crippen LogP contribution < -0.4 is 0 Å². The minimum absolute atomic E-state index is 0.166. The summed E-state index contributed by atoms with van der Waals surface area (Å²) >= 11 is 6.23. The van der Waals surface area contributed by atoms with E-state index in [9.17, 15) is 8.78 Å². The summed E-state index contributed by atoms with van der Waals surface area (Å²) in [5.41, 5.74) is 2.11. The highest BCUT2D eigenvalue weighted by atomic mass is 35.5. The van der Waals surface area contributed by atoms with Crippen molar-refractivity contribution in [3.8, 4) is 0 Å². The molecule has 100 valence electrons. The Hall–Kier alpha value is -1.41. The van der Waals surface area contributed by atoms with Gasteiger partial charge in [0.2, 0.25) is 0 Å². The monoisotopic (exact) mass is 280 g/mol. The Kier molecular flexibility index (Phi) is 4.20. The number of benzene rings is 2. The molecule has 1 unspecified atom stereocenters. The summed E-state index contributed by atoms with van der Waals surface area (Å²) < 4.78 is 26.8. The molecule has 0 aliphatic carbocycles.